The van der Waals surface area contributed by atoms with Gasteiger partial charge in [0.25, 0.3) is 0 Å². The van der Waals surface area contributed by atoms with E-state index in [2.05, 4.69) is 17.1 Å². The van der Waals surface area contributed by atoms with Crippen molar-refractivity contribution < 1.29 is 13.2 Å². The van der Waals surface area contributed by atoms with Crippen LogP contribution in [0.4, 0.5) is 13.2 Å². The molecule has 0 unspecified atom stereocenters. The van der Waals surface area contributed by atoms with Crippen LogP contribution in [0.3, 0.4) is 0 Å². The highest BCUT2D eigenvalue weighted by Crippen LogP contribution is 2.42. The van der Waals surface area contributed by atoms with Gasteiger partial charge in [-0.2, -0.15) is 23.7 Å². The Bertz CT molecular complexity index is 2610. The van der Waals surface area contributed by atoms with Gasteiger partial charge in [0.05, 0.1) is 68.5 Å². The number of hydrogen-bond donors (Lipinski definition) is 0. The Morgan fingerprint density at radius 1 is 0.543 bits per heavy atom. The molecule has 0 atom stereocenters. The lowest BCUT2D eigenvalue weighted by molar-refractivity contribution is -0.137. The molecule has 0 saturated carbocycles. The first kappa shape index (κ1) is 27.2. The van der Waals surface area contributed by atoms with Crippen LogP contribution >= 0.6 is 0 Å². The lowest BCUT2D eigenvalue weighted by Gasteiger charge is -2.19. The van der Waals surface area contributed by atoms with Crippen molar-refractivity contribution in [1.82, 2.24) is 14.1 Å². The first-order valence-corrected chi connectivity index (χ1v) is 14.4. The molecule has 5 aromatic carbocycles. The van der Waals surface area contributed by atoms with Gasteiger partial charge >= 0.3 is 6.18 Å². The fourth-order valence-corrected chi connectivity index (χ4v) is 6.52. The fourth-order valence-electron chi connectivity index (χ4n) is 6.52. The third-order valence-electron chi connectivity index (χ3n) is 8.50. The van der Waals surface area contributed by atoms with Gasteiger partial charge in [0.2, 0.25) is 0 Å². The molecule has 0 aliphatic carbocycles. The van der Waals surface area contributed by atoms with Crippen LogP contribution in [0.25, 0.3) is 66.1 Å². The van der Waals surface area contributed by atoms with Crippen LogP contribution in [0, 0.1) is 22.7 Å². The summed E-state index contributed by atoms with van der Waals surface area (Å²) >= 11 is 0. The number of alkyl halides is 3. The number of pyridine rings is 1. The van der Waals surface area contributed by atoms with E-state index in [0.29, 0.717) is 44.7 Å². The highest BCUT2D eigenvalue weighted by atomic mass is 19.4. The number of halogens is 3. The highest BCUT2D eigenvalue weighted by molar-refractivity contribution is 6.11. The van der Waals surface area contributed by atoms with Crippen LogP contribution in [0.2, 0.25) is 0 Å². The average Bonchev–Trinajstić information content (AvgIpc) is 3.59. The maximum atomic E-state index is 14.3. The maximum Gasteiger partial charge on any atom is 0.416 e. The van der Waals surface area contributed by atoms with Gasteiger partial charge in [-0.1, -0.05) is 42.5 Å². The monoisotopic (exact) mass is 603 g/mol. The normalized spacial score (nSPS) is 11.8. The average molecular weight is 604 g/mol. The van der Waals surface area contributed by atoms with Crippen molar-refractivity contribution in [2.24, 2.45) is 0 Å². The lowest BCUT2D eigenvalue weighted by Crippen LogP contribution is -2.08. The first-order valence-electron chi connectivity index (χ1n) is 14.4. The largest absolute Gasteiger partial charge is 0.416 e. The Labute approximate surface area is 260 Å². The number of rotatable bonds is 3. The minimum absolute atomic E-state index is 0.339. The summed E-state index contributed by atoms with van der Waals surface area (Å²) < 4.78 is 46.8. The topological polar surface area (TPSA) is 70.3 Å². The van der Waals surface area contributed by atoms with Gasteiger partial charge in [0, 0.05) is 38.9 Å². The Kier molecular flexibility index (Phi) is 5.96. The van der Waals surface area contributed by atoms with Crippen LogP contribution in [0.5, 0.6) is 0 Å². The molecule has 0 bridgehead atoms. The molecule has 3 heterocycles. The maximum absolute atomic E-state index is 14.3. The van der Waals surface area contributed by atoms with Crippen molar-refractivity contribution in [2.75, 3.05) is 0 Å². The van der Waals surface area contributed by atoms with Crippen molar-refractivity contribution >= 4 is 43.6 Å². The van der Waals surface area contributed by atoms with Crippen LogP contribution < -0.4 is 0 Å². The second kappa shape index (κ2) is 10.1. The second-order valence-corrected chi connectivity index (χ2v) is 11.0. The molecule has 0 N–H and O–H groups in total. The van der Waals surface area contributed by atoms with Gasteiger partial charge in [0.15, 0.2) is 0 Å². The van der Waals surface area contributed by atoms with Gasteiger partial charge in [0.1, 0.15) is 0 Å². The van der Waals surface area contributed by atoms with Gasteiger partial charge in [-0.3, -0.25) is 4.98 Å². The fraction of sp³-hybridized carbons (Fsp3) is 0.0263. The van der Waals surface area contributed by atoms with E-state index in [0.717, 1.165) is 38.6 Å². The molecule has 0 aliphatic heterocycles. The second-order valence-electron chi connectivity index (χ2n) is 11.0. The SMILES string of the molecule is N#Cc1ccc2c(c1)c1ccccc1n2-c1cnccc1-c1ccc(C(F)(F)F)cc1-n1c2ccccc2c2cc(C#N)ccc21. The van der Waals surface area contributed by atoms with Crippen LogP contribution in [-0.4, -0.2) is 14.1 Å². The molecule has 8 aromatic rings. The third-order valence-corrected chi connectivity index (χ3v) is 8.50. The Morgan fingerprint density at radius 3 is 1.63 bits per heavy atom. The van der Waals surface area contributed by atoms with Crippen molar-refractivity contribution in [3.05, 3.63) is 138 Å². The summed E-state index contributed by atoms with van der Waals surface area (Å²) in [6, 6.07) is 36.1. The molecule has 46 heavy (non-hydrogen) atoms. The van der Waals surface area contributed by atoms with Crippen molar-refractivity contribution in [2.45, 2.75) is 6.18 Å². The molecule has 0 fully saturated rings. The third kappa shape index (κ3) is 4.05. The van der Waals surface area contributed by atoms with E-state index in [-0.39, 0.29) is 0 Å². The number of nitriles is 2. The number of fused-ring (bicyclic) bond motifs is 6. The summed E-state index contributed by atoms with van der Waals surface area (Å²) in [7, 11) is 0. The van der Waals surface area contributed by atoms with E-state index < -0.39 is 11.7 Å². The van der Waals surface area contributed by atoms with Gasteiger partial charge in [-0.15, -0.1) is 0 Å². The summed E-state index contributed by atoms with van der Waals surface area (Å²) in [4.78, 5) is 4.45. The molecular weight excluding hydrogens is 583 g/mol. The van der Waals surface area contributed by atoms with Crippen LogP contribution in [0.15, 0.2) is 122 Å². The van der Waals surface area contributed by atoms with E-state index in [1.165, 1.54) is 12.1 Å². The van der Waals surface area contributed by atoms with E-state index in [1.807, 2.05) is 75.9 Å². The van der Waals surface area contributed by atoms with Crippen LogP contribution in [0.1, 0.15) is 16.7 Å². The predicted molar refractivity (Wildman–Crippen MR) is 173 cm³/mol. The minimum Gasteiger partial charge on any atom is -0.309 e. The molecule has 218 valence electrons. The zero-order valence-electron chi connectivity index (χ0n) is 23.9. The molecule has 0 radical (unpaired) electrons. The Morgan fingerprint density at radius 2 is 1.07 bits per heavy atom. The Balaban J connectivity index is 1.49. The summed E-state index contributed by atoms with van der Waals surface area (Å²) in [5.41, 5.74) is 5.56. The van der Waals surface area contributed by atoms with Crippen molar-refractivity contribution in [3.63, 3.8) is 0 Å². The molecule has 8 heteroatoms. The number of nitrogens with zero attached hydrogens (tertiary/aromatic N) is 5. The summed E-state index contributed by atoms with van der Waals surface area (Å²) in [5.74, 6) is 0. The van der Waals surface area contributed by atoms with Crippen LogP contribution in [-0.2, 0) is 6.18 Å². The van der Waals surface area contributed by atoms with E-state index >= 15 is 0 Å². The molecule has 8 rings (SSSR count). The predicted octanol–water partition coefficient (Wildman–Crippen LogP) is 9.70. The number of aromatic nitrogens is 3. The van der Waals surface area contributed by atoms with Gasteiger partial charge in [-0.05, 0) is 66.7 Å². The summed E-state index contributed by atoms with van der Waals surface area (Å²) in [6.45, 7) is 0. The first-order chi connectivity index (χ1) is 22.4. The quantitative estimate of drug-likeness (QED) is 0.202. The molecule has 3 aromatic heterocycles. The van der Waals surface area contributed by atoms with E-state index in [4.69, 9.17) is 0 Å². The van der Waals surface area contributed by atoms with Gasteiger partial charge in [-0.25, -0.2) is 0 Å². The van der Waals surface area contributed by atoms with Crippen molar-refractivity contribution in [3.8, 4) is 34.6 Å². The molecule has 0 spiro atoms. The summed E-state index contributed by atoms with van der Waals surface area (Å²) in [5, 5.41) is 22.6. The standard InChI is InChI=1S/C38H20F3N5/c39-38(40,41)25-11-12-28(36(19-25)45-32-7-3-1-5-26(32)30-17-23(20-42)9-13-34(30)45)29-15-16-44-22-37(29)46-33-8-4-2-6-27(33)31-18-24(21-43)10-14-35(31)46/h1-19,22H. The zero-order chi connectivity index (χ0) is 31.6. The number of para-hydroxylation sites is 2. The highest BCUT2D eigenvalue weighted by Gasteiger charge is 2.32. The molecule has 5 nitrogen and oxygen atoms in total. The lowest BCUT2D eigenvalue weighted by atomic mass is 9.99. The number of hydrogen-bond acceptors (Lipinski definition) is 3. The molecular formula is C38H20F3N5. The molecule has 0 saturated heterocycles. The zero-order valence-corrected chi connectivity index (χ0v) is 23.9. The van der Waals surface area contributed by atoms with Crippen molar-refractivity contribution in [1.29, 1.82) is 10.5 Å². The van der Waals surface area contributed by atoms with E-state index in [1.54, 1.807) is 36.7 Å². The Hall–Kier alpha value is -6.38. The van der Waals surface area contributed by atoms with E-state index in [9.17, 15) is 23.7 Å². The molecule has 0 aliphatic rings. The smallest absolute Gasteiger partial charge is 0.309 e. The number of benzene rings is 5. The van der Waals surface area contributed by atoms with Gasteiger partial charge < -0.3 is 9.13 Å². The molecule has 0 amide bonds. The minimum atomic E-state index is -4.58. The summed E-state index contributed by atoms with van der Waals surface area (Å²) in [6.07, 6.45) is -1.23.